The Hall–Kier alpha value is -0.300. The smallest absolute Gasteiger partial charge is 0.0687 e. The molecule has 0 aromatic heterocycles. The Kier molecular flexibility index (Phi) is 2.38. The van der Waals surface area contributed by atoms with Crippen LogP contribution in [-0.4, -0.2) is 10.7 Å². The monoisotopic (exact) mass is 154 g/mol. The molecule has 0 aromatic carbocycles. The Balaban J connectivity index is 2.31. The lowest BCUT2D eigenvalue weighted by atomic mass is 9.65. The number of aliphatic hydroxyl groups is 1. The van der Waals surface area contributed by atoms with E-state index in [2.05, 4.69) is 20.4 Å². The molecular weight excluding hydrogens is 136 g/mol. The van der Waals surface area contributed by atoms with Crippen molar-refractivity contribution in [1.82, 2.24) is 0 Å². The lowest BCUT2D eigenvalue weighted by molar-refractivity contribution is -0.0840. The Morgan fingerprint density at radius 2 is 2.18 bits per heavy atom. The summed E-state index contributed by atoms with van der Waals surface area (Å²) in [5.74, 6) is 1.46. The van der Waals surface area contributed by atoms with Crippen LogP contribution in [0.4, 0.5) is 0 Å². The Morgan fingerprint density at radius 1 is 1.64 bits per heavy atom. The van der Waals surface area contributed by atoms with E-state index in [-0.39, 0.29) is 0 Å². The SMILES string of the molecule is C=CCC1(O)CC(C(C)C)C1. The van der Waals surface area contributed by atoms with E-state index in [1.54, 1.807) is 0 Å². The third kappa shape index (κ3) is 1.84. The molecule has 0 saturated heterocycles. The van der Waals surface area contributed by atoms with Crippen LogP contribution in [0.3, 0.4) is 0 Å². The minimum atomic E-state index is -0.392. The number of rotatable bonds is 3. The molecule has 1 N–H and O–H groups in total. The van der Waals surface area contributed by atoms with Crippen LogP contribution in [-0.2, 0) is 0 Å². The first kappa shape index (κ1) is 8.79. The highest BCUT2D eigenvalue weighted by Gasteiger charge is 2.42. The van der Waals surface area contributed by atoms with Crippen molar-refractivity contribution in [1.29, 1.82) is 0 Å². The Morgan fingerprint density at radius 3 is 2.55 bits per heavy atom. The van der Waals surface area contributed by atoms with Crippen molar-refractivity contribution in [3.05, 3.63) is 12.7 Å². The maximum atomic E-state index is 9.76. The van der Waals surface area contributed by atoms with Crippen molar-refractivity contribution in [2.24, 2.45) is 11.8 Å². The second-order valence-corrected chi connectivity index (χ2v) is 4.13. The summed E-state index contributed by atoms with van der Waals surface area (Å²) in [4.78, 5) is 0. The van der Waals surface area contributed by atoms with E-state index < -0.39 is 5.60 Å². The van der Waals surface area contributed by atoms with Crippen LogP contribution in [0.2, 0.25) is 0 Å². The van der Waals surface area contributed by atoms with Gasteiger partial charge < -0.3 is 5.11 Å². The molecule has 0 radical (unpaired) electrons. The van der Waals surface area contributed by atoms with Crippen LogP contribution in [0.15, 0.2) is 12.7 Å². The molecule has 0 atom stereocenters. The molecule has 1 heteroatoms. The molecule has 1 fully saturated rings. The minimum absolute atomic E-state index is 0.392. The van der Waals surface area contributed by atoms with Crippen molar-refractivity contribution in [3.8, 4) is 0 Å². The molecular formula is C10H18O. The van der Waals surface area contributed by atoms with Gasteiger partial charge in [0.15, 0.2) is 0 Å². The standard InChI is InChI=1S/C10H18O/c1-4-5-10(11)6-9(7-10)8(2)3/h4,8-9,11H,1,5-7H2,2-3H3. The molecule has 11 heavy (non-hydrogen) atoms. The molecule has 1 saturated carbocycles. The summed E-state index contributed by atoms with van der Waals surface area (Å²) in [6.45, 7) is 8.08. The van der Waals surface area contributed by atoms with E-state index >= 15 is 0 Å². The molecule has 0 aromatic rings. The largest absolute Gasteiger partial charge is 0.390 e. The predicted molar refractivity (Wildman–Crippen MR) is 47.3 cm³/mol. The van der Waals surface area contributed by atoms with E-state index in [1.807, 2.05) is 6.08 Å². The van der Waals surface area contributed by atoms with Crippen molar-refractivity contribution in [2.75, 3.05) is 0 Å². The van der Waals surface area contributed by atoms with Gasteiger partial charge in [-0.1, -0.05) is 19.9 Å². The Labute approximate surface area is 69.1 Å². The van der Waals surface area contributed by atoms with E-state index in [9.17, 15) is 5.11 Å². The van der Waals surface area contributed by atoms with Crippen molar-refractivity contribution >= 4 is 0 Å². The van der Waals surface area contributed by atoms with Crippen LogP contribution >= 0.6 is 0 Å². The molecule has 1 aliphatic carbocycles. The van der Waals surface area contributed by atoms with Gasteiger partial charge in [-0.3, -0.25) is 0 Å². The summed E-state index contributed by atoms with van der Waals surface area (Å²) in [7, 11) is 0. The fourth-order valence-corrected chi connectivity index (χ4v) is 1.82. The van der Waals surface area contributed by atoms with Gasteiger partial charge in [-0.2, -0.15) is 0 Å². The van der Waals surface area contributed by atoms with Gasteiger partial charge in [-0.15, -0.1) is 6.58 Å². The highest BCUT2D eigenvalue weighted by atomic mass is 16.3. The second-order valence-electron chi connectivity index (χ2n) is 4.13. The maximum Gasteiger partial charge on any atom is 0.0687 e. The summed E-state index contributed by atoms with van der Waals surface area (Å²) >= 11 is 0. The van der Waals surface area contributed by atoms with Crippen LogP contribution < -0.4 is 0 Å². The fourth-order valence-electron chi connectivity index (χ4n) is 1.82. The molecule has 1 rings (SSSR count). The number of hydrogen-bond acceptors (Lipinski definition) is 1. The van der Waals surface area contributed by atoms with E-state index in [1.165, 1.54) is 0 Å². The first-order valence-electron chi connectivity index (χ1n) is 4.41. The van der Waals surface area contributed by atoms with Crippen molar-refractivity contribution in [2.45, 2.75) is 38.7 Å². The van der Waals surface area contributed by atoms with Gasteiger partial charge in [0.1, 0.15) is 0 Å². The molecule has 1 aliphatic rings. The van der Waals surface area contributed by atoms with E-state index in [0.29, 0.717) is 0 Å². The van der Waals surface area contributed by atoms with Crippen LogP contribution in [0, 0.1) is 11.8 Å². The zero-order valence-corrected chi connectivity index (χ0v) is 7.51. The summed E-state index contributed by atoms with van der Waals surface area (Å²) in [6.07, 6.45) is 4.51. The van der Waals surface area contributed by atoms with Gasteiger partial charge in [0, 0.05) is 0 Å². The van der Waals surface area contributed by atoms with Crippen LogP contribution in [0.5, 0.6) is 0 Å². The summed E-state index contributed by atoms with van der Waals surface area (Å²) in [6, 6.07) is 0. The van der Waals surface area contributed by atoms with Gasteiger partial charge in [0.25, 0.3) is 0 Å². The number of hydrogen-bond donors (Lipinski definition) is 1. The summed E-state index contributed by atoms with van der Waals surface area (Å²) < 4.78 is 0. The lowest BCUT2D eigenvalue weighted by Gasteiger charge is -2.45. The fraction of sp³-hybridized carbons (Fsp3) is 0.800. The summed E-state index contributed by atoms with van der Waals surface area (Å²) in [5.41, 5.74) is -0.392. The normalized spacial score (nSPS) is 36.9. The minimum Gasteiger partial charge on any atom is -0.390 e. The average Bonchev–Trinajstić information content (AvgIpc) is 1.82. The van der Waals surface area contributed by atoms with Gasteiger partial charge in [0.05, 0.1) is 5.60 Å². The zero-order chi connectivity index (χ0) is 8.48. The topological polar surface area (TPSA) is 20.2 Å². The molecule has 0 heterocycles. The highest BCUT2D eigenvalue weighted by molar-refractivity contribution is 4.98. The predicted octanol–water partition coefficient (Wildman–Crippen LogP) is 2.36. The maximum absolute atomic E-state index is 9.76. The van der Waals surface area contributed by atoms with E-state index in [4.69, 9.17) is 0 Å². The van der Waals surface area contributed by atoms with Crippen LogP contribution in [0.25, 0.3) is 0 Å². The molecule has 0 bridgehead atoms. The zero-order valence-electron chi connectivity index (χ0n) is 7.51. The van der Waals surface area contributed by atoms with E-state index in [0.717, 1.165) is 31.1 Å². The Bertz CT molecular complexity index is 143. The average molecular weight is 154 g/mol. The van der Waals surface area contributed by atoms with Crippen molar-refractivity contribution in [3.63, 3.8) is 0 Å². The van der Waals surface area contributed by atoms with Crippen molar-refractivity contribution < 1.29 is 5.11 Å². The molecule has 0 aliphatic heterocycles. The molecule has 64 valence electrons. The van der Waals surface area contributed by atoms with Crippen LogP contribution in [0.1, 0.15) is 33.1 Å². The highest BCUT2D eigenvalue weighted by Crippen LogP contribution is 2.44. The van der Waals surface area contributed by atoms with Gasteiger partial charge in [0.2, 0.25) is 0 Å². The molecule has 0 spiro atoms. The van der Waals surface area contributed by atoms with Gasteiger partial charge in [-0.05, 0) is 31.1 Å². The summed E-state index contributed by atoms with van der Waals surface area (Å²) in [5, 5.41) is 9.76. The lowest BCUT2D eigenvalue weighted by Crippen LogP contribution is -2.45. The third-order valence-electron chi connectivity index (χ3n) is 2.75. The first-order chi connectivity index (χ1) is 5.07. The first-order valence-corrected chi connectivity index (χ1v) is 4.41. The third-order valence-corrected chi connectivity index (χ3v) is 2.75. The quantitative estimate of drug-likeness (QED) is 0.619. The van der Waals surface area contributed by atoms with Gasteiger partial charge >= 0.3 is 0 Å². The molecule has 0 unspecified atom stereocenters. The molecule has 1 nitrogen and oxygen atoms in total. The van der Waals surface area contributed by atoms with Gasteiger partial charge in [-0.25, -0.2) is 0 Å². The second kappa shape index (κ2) is 2.98. The molecule has 0 amide bonds.